The van der Waals surface area contributed by atoms with Gasteiger partial charge in [0.15, 0.2) is 5.03 Å². The Morgan fingerprint density at radius 1 is 0.905 bits per heavy atom. The summed E-state index contributed by atoms with van der Waals surface area (Å²) in [5.41, 5.74) is 7.44. The van der Waals surface area contributed by atoms with E-state index in [0.717, 1.165) is 5.69 Å². The van der Waals surface area contributed by atoms with Gasteiger partial charge in [-0.1, -0.05) is 18.2 Å². The number of halogens is 3. The minimum absolute atomic E-state index is 0.0570. The highest BCUT2D eigenvalue weighted by atomic mass is 80.0. The first-order chi connectivity index (χ1) is 9.80. The smallest absolute Gasteiger partial charge is 0.240 e. The van der Waals surface area contributed by atoms with Crippen molar-refractivity contribution in [3.8, 4) is 0 Å². The molecule has 0 aliphatic rings. The zero-order chi connectivity index (χ0) is 15.5. The largest absolute Gasteiger partial charge is 0.301 e. The molecule has 0 saturated heterocycles. The third-order valence-electron chi connectivity index (χ3n) is 2.44. The number of aromatic nitrogens is 1. The minimum atomic E-state index is -3.67. The topological polar surface area (TPSA) is 71.1 Å². The fourth-order valence-corrected chi connectivity index (χ4v) is 3.57. The standard InChI is InChI=1S/C12H10Br3N3O2S/c13-12(14,15)21(19,20)11-7-6-10(8-16-11)18-17-9-4-2-1-3-5-9/h1-8,17-18H. The number of para-hydroxylation sites is 1. The summed E-state index contributed by atoms with van der Waals surface area (Å²) in [6.07, 6.45) is 1.43. The van der Waals surface area contributed by atoms with Crippen molar-refractivity contribution in [1.82, 2.24) is 4.98 Å². The predicted octanol–water partition coefficient (Wildman–Crippen LogP) is 4.09. The van der Waals surface area contributed by atoms with Gasteiger partial charge in [0.2, 0.25) is 11.3 Å². The second kappa shape index (κ2) is 6.64. The molecule has 2 rings (SSSR count). The first-order valence-corrected chi connectivity index (χ1v) is 9.51. The molecular formula is C12H10Br3N3O2S. The van der Waals surface area contributed by atoms with Gasteiger partial charge in [-0.3, -0.25) is 5.43 Å². The molecule has 0 amide bonds. The molecule has 2 aromatic rings. The number of alkyl halides is 3. The van der Waals surface area contributed by atoms with Gasteiger partial charge in [-0.05, 0) is 72.1 Å². The molecular weight excluding hydrogens is 490 g/mol. The molecule has 0 saturated carbocycles. The van der Waals surface area contributed by atoms with E-state index in [0.29, 0.717) is 5.69 Å². The van der Waals surface area contributed by atoms with Gasteiger partial charge in [-0.2, -0.15) is 0 Å². The van der Waals surface area contributed by atoms with Crippen LogP contribution in [0.25, 0.3) is 0 Å². The Morgan fingerprint density at radius 2 is 1.52 bits per heavy atom. The van der Waals surface area contributed by atoms with Crippen LogP contribution in [0, 0.1) is 0 Å². The summed E-state index contributed by atoms with van der Waals surface area (Å²) in [7, 11) is -3.67. The van der Waals surface area contributed by atoms with Gasteiger partial charge in [0.1, 0.15) is 0 Å². The van der Waals surface area contributed by atoms with E-state index in [1.54, 1.807) is 6.07 Å². The molecule has 1 aromatic heterocycles. The lowest BCUT2D eigenvalue weighted by atomic mass is 10.3. The number of nitrogens with one attached hydrogen (secondary N) is 2. The SMILES string of the molecule is O=S(=O)(c1ccc(NNc2ccccc2)cn1)C(Br)(Br)Br. The van der Waals surface area contributed by atoms with E-state index < -0.39 is 11.3 Å². The summed E-state index contributed by atoms with van der Waals surface area (Å²) in [4.78, 5) is 3.95. The summed E-state index contributed by atoms with van der Waals surface area (Å²) < 4.78 is 22.8. The minimum Gasteiger partial charge on any atom is -0.301 e. The van der Waals surface area contributed by atoms with E-state index >= 15 is 0 Å². The molecule has 0 aliphatic carbocycles. The zero-order valence-corrected chi connectivity index (χ0v) is 16.0. The van der Waals surface area contributed by atoms with Crippen LogP contribution >= 0.6 is 47.8 Å². The van der Waals surface area contributed by atoms with Gasteiger partial charge in [0.05, 0.1) is 17.6 Å². The van der Waals surface area contributed by atoms with Gasteiger partial charge in [0, 0.05) is 0 Å². The number of hydrogen-bond acceptors (Lipinski definition) is 5. The molecule has 0 aliphatic heterocycles. The van der Waals surface area contributed by atoms with Crippen LogP contribution in [0.5, 0.6) is 0 Å². The molecule has 1 aromatic carbocycles. The van der Waals surface area contributed by atoms with Crippen LogP contribution in [0.3, 0.4) is 0 Å². The molecule has 21 heavy (non-hydrogen) atoms. The zero-order valence-electron chi connectivity index (χ0n) is 10.4. The number of sulfone groups is 1. The van der Waals surface area contributed by atoms with Crippen molar-refractivity contribution < 1.29 is 8.42 Å². The first kappa shape index (κ1) is 16.7. The van der Waals surface area contributed by atoms with Crippen LogP contribution in [0.1, 0.15) is 0 Å². The van der Waals surface area contributed by atoms with Crippen molar-refractivity contribution in [2.24, 2.45) is 0 Å². The number of nitrogens with zero attached hydrogens (tertiary/aromatic N) is 1. The molecule has 0 unspecified atom stereocenters. The van der Waals surface area contributed by atoms with E-state index in [1.807, 2.05) is 30.3 Å². The maximum absolute atomic E-state index is 12.1. The lowest BCUT2D eigenvalue weighted by Crippen LogP contribution is -2.19. The summed E-state index contributed by atoms with van der Waals surface area (Å²) in [5.74, 6) is 0. The van der Waals surface area contributed by atoms with E-state index in [-0.39, 0.29) is 5.03 Å². The summed E-state index contributed by atoms with van der Waals surface area (Å²) in [5, 5.41) is -0.0570. The second-order valence-corrected chi connectivity index (χ2v) is 14.3. The Morgan fingerprint density at radius 3 is 2.05 bits per heavy atom. The summed E-state index contributed by atoms with van der Waals surface area (Å²) in [6.45, 7) is 0. The molecule has 0 spiro atoms. The highest BCUT2D eigenvalue weighted by molar-refractivity contribution is 9.42. The molecule has 0 bridgehead atoms. The van der Waals surface area contributed by atoms with Gasteiger partial charge >= 0.3 is 0 Å². The van der Waals surface area contributed by atoms with Crippen molar-refractivity contribution in [1.29, 1.82) is 0 Å². The number of benzene rings is 1. The van der Waals surface area contributed by atoms with Crippen molar-refractivity contribution in [3.63, 3.8) is 0 Å². The van der Waals surface area contributed by atoms with Crippen LogP contribution in [-0.4, -0.2) is 14.9 Å². The normalized spacial score (nSPS) is 12.0. The number of pyridine rings is 1. The van der Waals surface area contributed by atoms with Crippen molar-refractivity contribution in [3.05, 3.63) is 48.7 Å². The Hall–Kier alpha value is -0.640. The Bertz CT molecular complexity index is 701. The molecule has 112 valence electrons. The molecule has 0 atom stereocenters. The number of rotatable bonds is 4. The van der Waals surface area contributed by atoms with E-state index in [2.05, 4.69) is 63.6 Å². The molecule has 0 radical (unpaired) electrons. The van der Waals surface area contributed by atoms with Crippen LogP contribution < -0.4 is 10.9 Å². The van der Waals surface area contributed by atoms with Crippen LogP contribution in [0.15, 0.2) is 53.7 Å². The first-order valence-electron chi connectivity index (χ1n) is 5.65. The van der Waals surface area contributed by atoms with E-state index in [9.17, 15) is 8.42 Å². The average molecular weight is 500 g/mol. The highest BCUT2D eigenvalue weighted by Gasteiger charge is 2.38. The quantitative estimate of drug-likeness (QED) is 0.490. The fourth-order valence-electron chi connectivity index (χ4n) is 1.40. The average Bonchev–Trinajstić information content (AvgIpc) is 2.45. The predicted molar refractivity (Wildman–Crippen MR) is 94.6 cm³/mol. The third kappa shape index (κ3) is 4.18. The molecule has 1 heterocycles. The van der Waals surface area contributed by atoms with Crippen LogP contribution in [0.2, 0.25) is 0 Å². The van der Waals surface area contributed by atoms with E-state index in [1.165, 1.54) is 12.3 Å². The Kier molecular flexibility index (Phi) is 5.29. The van der Waals surface area contributed by atoms with Crippen molar-refractivity contribution in [2.45, 2.75) is 6.50 Å². The summed E-state index contributed by atoms with van der Waals surface area (Å²) >= 11 is 8.98. The maximum Gasteiger partial charge on any atom is 0.240 e. The van der Waals surface area contributed by atoms with Gasteiger partial charge in [-0.15, -0.1) is 0 Å². The number of hydrazine groups is 1. The Balaban J connectivity index is 2.10. The van der Waals surface area contributed by atoms with Gasteiger partial charge < -0.3 is 5.43 Å². The molecule has 9 heteroatoms. The van der Waals surface area contributed by atoms with Crippen LogP contribution in [0.4, 0.5) is 11.4 Å². The highest BCUT2D eigenvalue weighted by Crippen LogP contribution is 2.42. The fraction of sp³-hybridized carbons (Fsp3) is 0.0833. The van der Waals surface area contributed by atoms with Gasteiger partial charge in [-0.25, -0.2) is 13.4 Å². The summed E-state index contributed by atoms with van der Waals surface area (Å²) in [6, 6.07) is 12.6. The van der Waals surface area contributed by atoms with E-state index in [4.69, 9.17) is 0 Å². The van der Waals surface area contributed by atoms with Crippen molar-refractivity contribution >= 4 is 69.0 Å². The lowest BCUT2D eigenvalue weighted by Gasteiger charge is -2.13. The maximum atomic E-state index is 12.1. The third-order valence-corrected chi connectivity index (χ3v) is 7.68. The molecule has 2 N–H and O–H groups in total. The molecule has 5 nitrogen and oxygen atoms in total. The number of anilines is 2. The monoisotopic (exact) mass is 497 g/mol. The number of hydrogen-bond donors (Lipinski definition) is 2. The molecule has 0 fully saturated rings. The van der Waals surface area contributed by atoms with Crippen LogP contribution in [-0.2, 0) is 9.84 Å². The second-order valence-electron chi connectivity index (χ2n) is 3.95. The van der Waals surface area contributed by atoms with Gasteiger partial charge in [0.25, 0.3) is 0 Å². The lowest BCUT2D eigenvalue weighted by molar-refractivity contribution is 0.595. The Labute approximate surface area is 147 Å². The van der Waals surface area contributed by atoms with Crippen molar-refractivity contribution in [2.75, 3.05) is 10.9 Å².